The molecular weight excluding hydrogens is 254 g/mol. The molecule has 1 aromatic carbocycles. The van der Waals surface area contributed by atoms with Gasteiger partial charge in [0.25, 0.3) is 0 Å². The average molecular weight is 273 g/mol. The molecule has 0 aliphatic heterocycles. The molecule has 5 heteroatoms. The number of aromatic nitrogens is 2. The van der Waals surface area contributed by atoms with Crippen LogP contribution in [-0.4, -0.2) is 22.4 Å². The Labute approximate surface area is 118 Å². The third-order valence-electron chi connectivity index (χ3n) is 2.97. The molecule has 0 atom stereocenters. The highest BCUT2D eigenvalue weighted by Crippen LogP contribution is 2.14. The molecule has 0 radical (unpaired) electrons. The van der Waals surface area contributed by atoms with Crippen LogP contribution >= 0.6 is 0 Å². The summed E-state index contributed by atoms with van der Waals surface area (Å²) in [7, 11) is 1.90. The molecule has 0 aliphatic carbocycles. The van der Waals surface area contributed by atoms with E-state index >= 15 is 0 Å². The summed E-state index contributed by atoms with van der Waals surface area (Å²) in [5, 5.41) is 7.59. The van der Waals surface area contributed by atoms with Crippen LogP contribution in [0.1, 0.15) is 28.5 Å². The number of hydrogen-bond donors (Lipinski definition) is 1. The molecule has 1 N–H and O–H groups in total. The van der Waals surface area contributed by atoms with Crippen LogP contribution < -0.4 is 5.32 Å². The average Bonchev–Trinajstić information content (AvgIpc) is 2.75. The summed E-state index contributed by atoms with van der Waals surface area (Å²) in [6.07, 6.45) is 1.98. The van der Waals surface area contributed by atoms with Gasteiger partial charge >= 0.3 is 5.97 Å². The van der Waals surface area contributed by atoms with Crippen molar-refractivity contribution in [2.45, 2.75) is 20.4 Å². The molecule has 106 valence electrons. The Balaban J connectivity index is 2.05. The van der Waals surface area contributed by atoms with Crippen molar-refractivity contribution < 1.29 is 9.53 Å². The minimum absolute atomic E-state index is 0.297. The molecule has 5 nitrogen and oxygen atoms in total. The lowest BCUT2D eigenvalue weighted by molar-refractivity contribution is 0.0526. The topological polar surface area (TPSA) is 56.1 Å². The van der Waals surface area contributed by atoms with Crippen molar-refractivity contribution in [2.75, 3.05) is 11.9 Å². The minimum Gasteiger partial charge on any atom is -0.462 e. The summed E-state index contributed by atoms with van der Waals surface area (Å²) in [4.78, 5) is 11.7. The second-order valence-corrected chi connectivity index (χ2v) is 4.57. The fourth-order valence-electron chi connectivity index (χ4n) is 1.99. The molecule has 0 spiro atoms. The van der Waals surface area contributed by atoms with Crippen LogP contribution in [0.4, 0.5) is 5.69 Å². The van der Waals surface area contributed by atoms with Gasteiger partial charge in [-0.25, -0.2) is 4.79 Å². The van der Waals surface area contributed by atoms with E-state index in [2.05, 4.69) is 10.4 Å². The first-order valence-corrected chi connectivity index (χ1v) is 6.60. The van der Waals surface area contributed by atoms with Gasteiger partial charge in [-0.15, -0.1) is 0 Å². The summed E-state index contributed by atoms with van der Waals surface area (Å²) < 4.78 is 6.78. The lowest BCUT2D eigenvalue weighted by atomic mass is 10.2. The Morgan fingerprint density at radius 3 is 2.90 bits per heavy atom. The second-order valence-electron chi connectivity index (χ2n) is 4.57. The number of hydrogen-bond acceptors (Lipinski definition) is 4. The number of aryl methyl sites for hydroxylation is 2. The van der Waals surface area contributed by atoms with Crippen LogP contribution in [0.3, 0.4) is 0 Å². The van der Waals surface area contributed by atoms with Gasteiger partial charge in [0, 0.05) is 31.0 Å². The van der Waals surface area contributed by atoms with E-state index in [9.17, 15) is 4.79 Å². The molecule has 1 heterocycles. The van der Waals surface area contributed by atoms with Gasteiger partial charge in [0.05, 0.1) is 17.9 Å². The van der Waals surface area contributed by atoms with Gasteiger partial charge in [0.1, 0.15) is 0 Å². The van der Waals surface area contributed by atoms with Gasteiger partial charge in [-0.05, 0) is 32.0 Å². The van der Waals surface area contributed by atoms with Crippen molar-refractivity contribution in [3.8, 4) is 0 Å². The molecule has 0 unspecified atom stereocenters. The zero-order valence-electron chi connectivity index (χ0n) is 12.0. The first kappa shape index (κ1) is 14.1. The smallest absolute Gasteiger partial charge is 0.338 e. The van der Waals surface area contributed by atoms with E-state index < -0.39 is 0 Å². The summed E-state index contributed by atoms with van der Waals surface area (Å²) in [6, 6.07) is 7.31. The van der Waals surface area contributed by atoms with Crippen molar-refractivity contribution >= 4 is 11.7 Å². The number of esters is 1. The zero-order valence-corrected chi connectivity index (χ0v) is 12.0. The number of carbonyl (C=O) groups is 1. The molecule has 1 aromatic heterocycles. The van der Waals surface area contributed by atoms with E-state index in [0.717, 1.165) is 16.9 Å². The predicted molar refractivity (Wildman–Crippen MR) is 77.7 cm³/mol. The molecule has 0 amide bonds. The van der Waals surface area contributed by atoms with Gasteiger partial charge < -0.3 is 10.1 Å². The van der Waals surface area contributed by atoms with Crippen LogP contribution in [0.15, 0.2) is 30.5 Å². The Morgan fingerprint density at radius 1 is 1.45 bits per heavy atom. The van der Waals surface area contributed by atoms with E-state index in [4.69, 9.17) is 4.74 Å². The number of nitrogens with zero attached hydrogens (tertiary/aromatic N) is 2. The van der Waals surface area contributed by atoms with Gasteiger partial charge in [-0.1, -0.05) is 6.07 Å². The third kappa shape index (κ3) is 3.38. The molecule has 2 aromatic rings. The molecule has 20 heavy (non-hydrogen) atoms. The van der Waals surface area contributed by atoms with Crippen molar-refractivity contribution in [2.24, 2.45) is 7.05 Å². The monoisotopic (exact) mass is 273 g/mol. The van der Waals surface area contributed by atoms with E-state index in [0.29, 0.717) is 18.7 Å². The van der Waals surface area contributed by atoms with Crippen molar-refractivity contribution in [1.82, 2.24) is 9.78 Å². The second kappa shape index (κ2) is 6.23. The van der Waals surface area contributed by atoms with Gasteiger partial charge in [0.2, 0.25) is 0 Å². The van der Waals surface area contributed by atoms with Gasteiger partial charge in [0.15, 0.2) is 0 Å². The van der Waals surface area contributed by atoms with Crippen molar-refractivity contribution in [3.05, 3.63) is 47.3 Å². The summed E-state index contributed by atoms with van der Waals surface area (Å²) in [6.45, 7) is 4.83. The Kier molecular flexibility index (Phi) is 4.40. The van der Waals surface area contributed by atoms with Crippen LogP contribution in [0.5, 0.6) is 0 Å². The molecular formula is C15H19N3O2. The maximum absolute atomic E-state index is 11.7. The zero-order chi connectivity index (χ0) is 14.5. The van der Waals surface area contributed by atoms with Crippen molar-refractivity contribution in [3.63, 3.8) is 0 Å². The quantitative estimate of drug-likeness (QED) is 0.850. The van der Waals surface area contributed by atoms with Crippen LogP contribution in [-0.2, 0) is 18.3 Å². The van der Waals surface area contributed by atoms with Gasteiger partial charge in [-0.3, -0.25) is 4.68 Å². The molecule has 0 fully saturated rings. The molecule has 0 aliphatic rings. The third-order valence-corrected chi connectivity index (χ3v) is 2.97. The number of carbonyl (C=O) groups excluding carboxylic acids is 1. The first-order chi connectivity index (χ1) is 9.60. The Hall–Kier alpha value is -2.30. The maximum atomic E-state index is 11.7. The van der Waals surface area contributed by atoms with Crippen molar-refractivity contribution in [1.29, 1.82) is 0 Å². The van der Waals surface area contributed by atoms with Crippen LogP contribution in [0.2, 0.25) is 0 Å². The largest absolute Gasteiger partial charge is 0.462 e. The summed E-state index contributed by atoms with van der Waals surface area (Å²) in [5.41, 5.74) is 3.58. The number of benzene rings is 1. The number of nitrogens with one attached hydrogen (secondary N) is 1. The number of rotatable bonds is 5. The first-order valence-electron chi connectivity index (χ1n) is 6.60. The van der Waals surface area contributed by atoms with E-state index in [1.807, 2.05) is 32.3 Å². The fourth-order valence-corrected chi connectivity index (χ4v) is 1.99. The van der Waals surface area contributed by atoms with Crippen LogP contribution in [0, 0.1) is 6.92 Å². The maximum Gasteiger partial charge on any atom is 0.338 e. The standard InChI is InChI=1S/C15H19N3O2/c1-4-20-15(19)12-6-5-7-14(8-12)16-9-13-10-18(3)17-11(13)2/h5-8,10,16H,4,9H2,1-3H3. The Bertz CT molecular complexity index is 605. The molecule has 0 saturated carbocycles. The van der Waals surface area contributed by atoms with Gasteiger partial charge in [-0.2, -0.15) is 5.10 Å². The lowest BCUT2D eigenvalue weighted by Gasteiger charge is -2.07. The highest BCUT2D eigenvalue weighted by Gasteiger charge is 2.07. The molecule has 2 rings (SSSR count). The van der Waals surface area contributed by atoms with Crippen LogP contribution in [0.25, 0.3) is 0 Å². The molecule has 0 bridgehead atoms. The summed E-state index contributed by atoms with van der Waals surface area (Å²) in [5.74, 6) is -0.297. The molecule has 0 saturated heterocycles. The number of ether oxygens (including phenoxy) is 1. The number of anilines is 1. The van der Waals surface area contributed by atoms with E-state index in [-0.39, 0.29) is 5.97 Å². The SMILES string of the molecule is CCOC(=O)c1cccc(NCc2cn(C)nc2C)c1. The van der Waals surface area contributed by atoms with E-state index in [1.54, 1.807) is 23.7 Å². The Morgan fingerprint density at radius 2 is 2.25 bits per heavy atom. The lowest BCUT2D eigenvalue weighted by Crippen LogP contribution is -2.06. The fraction of sp³-hybridized carbons (Fsp3) is 0.333. The highest BCUT2D eigenvalue weighted by molar-refractivity contribution is 5.90. The van der Waals surface area contributed by atoms with E-state index in [1.165, 1.54) is 0 Å². The normalized spacial score (nSPS) is 10.3. The predicted octanol–water partition coefficient (Wildman–Crippen LogP) is 2.52. The minimum atomic E-state index is -0.297. The summed E-state index contributed by atoms with van der Waals surface area (Å²) >= 11 is 0. The highest BCUT2D eigenvalue weighted by atomic mass is 16.5.